The first-order valence-corrected chi connectivity index (χ1v) is 8.07. The number of piperidine rings is 1. The Morgan fingerprint density at radius 1 is 1.20 bits per heavy atom. The highest BCUT2D eigenvalue weighted by Crippen LogP contribution is 2.25. The van der Waals surface area contributed by atoms with Gasteiger partial charge in [-0.15, -0.1) is 0 Å². The normalized spacial score (nSPS) is 15.0. The van der Waals surface area contributed by atoms with Crippen molar-refractivity contribution < 1.29 is 23.1 Å². The predicted molar refractivity (Wildman–Crippen MR) is 88.6 cm³/mol. The number of carbonyl (C=O) groups excluding carboxylic acids is 2. The minimum absolute atomic E-state index is 0.0459. The molecule has 0 bridgehead atoms. The smallest absolute Gasteiger partial charge is 0.409 e. The second kappa shape index (κ2) is 7.38. The molecule has 0 aliphatic carbocycles. The Labute approximate surface area is 144 Å². The third-order valence-electron chi connectivity index (χ3n) is 4.23. The van der Waals surface area contributed by atoms with E-state index in [0.29, 0.717) is 37.3 Å². The van der Waals surface area contributed by atoms with Gasteiger partial charge in [-0.05, 0) is 37.1 Å². The fourth-order valence-electron chi connectivity index (χ4n) is 2.86. The van der Waals surface area contributed by atoms with Crippen molar-refractivity contribution in [1.29, 1.82) is 0 Å². The van der Waals surface area contributed by atoms with Crippen LogP contribution in [0.25, 0.3) is 11.3 Å². The number of benzene rings is 1. The van der Waals surface area contributed by atoms with Gasteiger partial charge in [0, 0.05) is 19.1 Å². The summed E-state index contributed by atoms with van der Waals surface area (Å²) >= 11 is 0. The third-order valence-corrected chi connectivity index (χ3v) is 4.23. The van der Waals surface area contributed by atoms with Gasteiger partial charge in [0.05, 0.1) is 12.7 Å². The van der Waals surface area contributed by atoms with Crippen LogP contribution in [0, 0.1) is 5.82 Å². The average molecular weight is 346 g/mol. The molecule has 0 unspecified atom stereocenters. The number of likely N-dealkylation sites (tertiary alicyclic amines) is 1. The van der Waals surface area contributed by atoms with Crippen LogP contribution < -0.4 is 5.32 Å². The fraction of sp³-hybridized carbons (Fsp3) is 0.333. The summed E-state index contributed by atoms with van der Waals surface area (Å²) in [5.41, 5.74) is 0.313. The molecule has 0 saturated carbocycles. The lowest BCUT2D eigenvalue weighted by molar-refractivity contribution is 0.0867. The molecule has 1 saturated heterocycles. The Morgan fingerprint density at radius 3 is 2.60 bits per heavy atom. The highest BCUT2D eigenvalue weighted by Gasteiger charge is 2.25. The van der Waals surface area contributed by atoms with Gasteiger partial charge >= 0.3 is 6.09 Å². The lowest BCUT2D eigenvalue weighted by Gasteiger charge is -2.31. The van der Waals surface area contributed by atoms with Crippen LogP contribution >= 0.6 is 0 Å². The van der Waals surface area contributed by atoms with Crippen LogP contribution in [0.3, 0.4) is 0 Å². The highest BCUT2D eigenvalue weighted by atomic mass is 19.1. The van der Waals surface area contributed by atoms with Crippen molar-refractivity contribution in [3.05, 3.63) is 48.0 Å². The Hall–Kier alpha value is -2.83. The summed E-state index contributed by atoms with van der Waals surface area (Å²) < 4.78 is 24.0. The van der Waals surface area contributed by atoms with E-state index in [1.165, 1.54) is 19.2 Å². The SMILES string of the molecule is COC(=O)N1CCC(NC(=O)c2ccc(-c3ccccc3F)o2)CC1. The van der Waals surface area contributed by atoms with Gasteiger partial charge in [-0.3, -0.25) is 4.79 Å². The molecule has 2 aromatic rings. The molecular formula is C18H19FN2O4. The molecule has 1 aliphatic rings. The number of methoxy groups -OCH3 is 1. The summed E-state index contributed by atoms with van der Waals surface area (Å²) in [5, 5.41) is 2.89. The quantitative estimate of drug-likeness (QED) is 0.927. The first-order chi connectivity index (χ1) is 12.1. The van der Waals surface area contributed by atoms with Crippen LogP contribution in [0.4, 0.5) is 9.18 Å². The van der Waals surface area contributed by atoms with Gasteiger partial charge in [-0.2, -0.15) is 0 Å². The van der Waals surface area contributed by atoms with Crippen LogP contribution in [0.1, 0.15) is 23.4 Å². The number of nitrogens with one attached hydrogen (secondary N) is 1. The van der Waals surface area contributed by atoms with E-state index in [1.54, 1.807) is 29.2 Å². The molecule has 0 radical (unpaired) electrons. The van der Waals surface area contributed by atoms with Crippen molar-refractivity contribution in [2.24, 2.45) is 0 Å². The van der Waals surface area contributed by atoms with Crippen molar-refractivity contribution >= 4 is 12.0 Å². The van der Waals surface area contributed by atoms with E-state index in [9.17, 15) is 14.0 Å². The van der Waals surface area contributed by atoms with Crippen LogP contribution in [0.15, 0.2) is 40.8 Å². The van der Waals surface area contributed by atoms with E-state index >= 15 is 0 Å². The number of nitrogens with zero attached hydrogens (tertiary/aromatic N) is 1. The summed E-state index contributed by atoms with van der Waals surface area (Å²) in [7, 11) is 1.35. The molecule has 3 rings (SSSR count). The molecular weight excluding hydrogens is 327 g/mol. The molecule has 7 heteroatoms. The Balaban J connectivity index is 1.60. The first kappa shape index (κ1) is 17.0. The summed E-state index contributed by atoms with van der Waals surface area (Å²) in [5.74, 6) is -0.310. The number of carbonyl (C=O) groups is 2. The van der Waals surface area contributed by atoms with E-state index in [0.717, 1.165) is 0 Å². The number of hydrogen-bond donors (Lipinski definition) is 1. The van der Waals surface area contributed by atoms with Crippen LogP contribution in [0.5, 0.6) is 0 Å². The number of rotatable bonds is 3. The van der Waals surface area contributed by atoms with E-state index in [-0.39, 0.29) is 23.8 Å². The molecule has 1 aliphatic heterocycles. The van der Waals surface area contributed by atoms with Crippen molar-refractivity contribution in [3.8, 4) is 11.3 Å². The topological polar surface area (TPSA) is 71.8 Å². The van der Waals surface area contributed by atoms with Crippen LogP contribution in [0.2, 0.25) is 0 Å². The van der Waals surface area contributed by atoms with E-state index in [1.807, 2.05) is 0 Å². The Bertz CT molecular complexity index is 766. The van der Waals surface area contributed by atoms with Crippen molar-refractivity contribution in [3.63, 3.8) is 0 Å². The van der Waals surface area contributed by atoms with Gasteiger partial charge in [0.15, 0.2) is 5.76 Å². The number of furan rings is 1. The maximum Gasteiger partial charge on any atom is 0.409 e. The second-order valence-corrected chi connectivity index (χ2v) is 5.85. The molecule has 1 aromatic carbocycles. The zero-order chi connectivity index (χ0) is 17.8. The summed E-state index contributed by atoms with van der Waals surface area (Å²) in [6.45, 7) is 1.05. The Morgan fingerprint density at radius 2 is 1.92 bits per heavy atom. The molecule has 1 aromatic heterocycles. The number of ether oxygens (including phenoxy) is 1. The van der Waals surface area contributed by atoms with Gasteiger partial charge in [-0.25, -0.2) is 9.18 Å². The predicted octanol–water partition coefficient (Wildman–Crippen LogP) is 3.05. The zero-order valence-electron chi connectivity index (χ0n) is 13.8. The Kier molecular flexibility index (Phi) is 5.02. The molecule has 0 spiro atoms. The van der Waals surface area contributed by atoms with E-state index in [2.05, 4.69) is 10.1 Å². The summed E-state index contributed by atoms with van der Waals surface area (Å²) in [6, 6.07) is 9.29. The molecule has 6 nitrogen and oxygen atoms in total. The largest absolute Gasteiger partial charge is 0.453 e. The minimum Gasteiger partial charge on any atom is -0.453 e. The zero-order valence-corrected chi connectivity index (χ0v) is 13.8. The number of amides is 2. The van der Waals surface area contributed by atoms with Gasteiger partial charge in [0.2, 0.25) is 0 Å². The number of halogens is 1. The highest BCUT2D eigenvalue weighted by molar-refractivity contribution is 5.92. The summed E-state index contributed by atoms with van der Waals surface area (Å²) in [4.78, 5) is 25.4. The van der Waals surface area contributed by atoms with Gasteiger partial charge in [0.25, 0.3) is 5.91 Å². The second-order valence-electron chi connectivity index (χ2n) is 5.85. The van der Waals surface area contributed by atoms with Gasteiger partial charge in [-0.1, -0.05) is 12.1 Å². The van der Waals surface area contributed by atoms with Gasteiger partial charge in [0.1, 0.15) is 11.6 Å². The molecule has 132 valence electrons. The van der Waals surface area contributed by atoms with Crippen molar-refractivity contribution in [2.75, 3.05) is 20.2 Å². The molecule has 0 atom stereocenters. The maximum atomic E-state index is 13.8. The lowest BCUT2D eigenvalue weighted by Crippen LogP contribution is -2.46. The monoisotopic (exact) mass is 346 g/mol. The van der Waals surface area contributed by atoms with Crippen LogP contribution in [-0.2, 0) is 4.74 Å². The molecule has 1 N–H and O–H groups in total. The first-order valence-electron chi connectivity index (χ1n) is 8.07. The third kappa shape index (κ3) is 3.81. The fourth-order valence-corrected chi connectivity index (χ4v) is 2.86. The molecule has 1 fully saturated rings. The minimum atomic E-state index is -0.404. The van der Waals surface area contributed by atoms with Gasteiger partial charge < -0.3 is 19.4 Å². The van der Waals surface area contributed by atoms with E-state index < -0.39 is 5.82 Å². The van der Waals surface area contributed by atoms with Crippen molar-refractivity contribution in [1.82, 2.24) is 10.2 Å². The summed E-state index contributed by atoms with van der Waals surface area (Å²) in [6.07, 6.45) is 0.925. The standard InChI is InChI=1S/C18H19FN2O4/c1-24-18(23)21-10-8-12(9-11-21)20-17(22)16-7-6-15(25-16)13-4-2-3-5-14(13)19/h2-7,12H,8-11H2,1H3,(H,20,22). The maximum absolute atomic E-state index is 13.8. The van der Waals surface area contributed by atoms with Crippen molar-refractivity contribution in [2.45, 2.75) is 18.9 Å². The molecule has 2 amide bonds. The number of hydrogen-bond acceptors (Lipinski definition) is 4. The average Bonchev–Trinajstić information content (AvgIpc) is 3.12. The molecule has 25 heavy (non-hydrogen) atoms. The van der Waals surface area contributed by atoms with Crippen LogP contribution in [-0.4, -0.2) is 43.1 Å². The lowest BCUT2D eigenvalue weighted by atomic mass is 10.1. The van der Waals surface area contributed by atoms with E-state index in [4.69, 9.17) is 4.42 Å². The molecule has 2 heterocycles.